The van der Waals surface area contributed by atoms with Crippen LogP contribution in [0, 0.1) is 17.8 Å². The van der Waals surface area contributed by atoms with Gasteiger partial charge in [-0.2, -0.15) is 14.8 Å². The Labute approximate surface area is 225 Å². The third-order valence-corrected chi connectivity index (χ3v) is 7.07. The van der Waals surface area contributed by atoms with Crippen LogP contribution in [0.4, 0.5) is 5.82 Å². The second-order valence-corrected chi connectivity index (χ2v) is 10.5. The normalized spacial score (nSPS) is 24.8. The molecule has 1 aliphatic rings. The summed E-state index contributed by atoms with van der Waals surface area (Å²) in [5.74, 6) is 3.75. The first-order chi connectivity index (χ1) is 18.4. The SMILES string of the molecule is CC#CC1(N)C(CO)[C@@H](COP(=O)(Oc2ccccc2)O[C@@H](C)C(=O)OC(C)C)O[C@H]1n1ncc(N)nc1=O. The van der Waals surface area contributed by atoms with Gasteiger partial charge in [-0.15, -0.1) is 5.92 Å². The Bertz CT molecular complexity index is 1310. The van der Waals surface area contributed by atoms with Crippen molar-refractivity contribution in [1.29, 1.82) is 0 Å². The Morgan fingerprint density at radius 3 is 2.59 bits per heavy atom. The number of carbonyl (C=O) groups is 1. The van der Waals surface area contributed by atoms with Gasteiger partial charge in [0.25, 0.3) is 0 Å². The number of nitrogen functional groups attached to an aromatic ring is 1. The fourth-order valence-corrected chi connectivity index (χ4v) is 5.20. The van der Waals surface area contributed by atoms with E-state index in [0.29, 0.717) is 0 Å². The smallest absolute Gasteiger partial charge is 0.461 e. The van der Waals surface area contributed by atoms with Crippen LogP contribution in [-0.4, -0.2) is 62.9 Å². The third kappa shape index (κ3) is 7.21. The summed E-state index contributed by atoms with van der Waals surface area (Å²) in [5, 5.41) is 14.2. The predicted molar refractivity (Wildman–Crippen MR) is 138 cm³/mol. The van der Waals surface area contributed by atoms with E-state index in [1.807, 2.05) is 0 Å². The number of aliphatic hydroxyl groups is 1. The van der Waals surface area contributed by atoms with Gasteiger partial charge in [-0.1, -0.05) is 24.1 Å². The highest BCUT2D eigenvalue weighted by Crippen LogP contribution is 2.52. The van der Waals surface area contributed by atoms with Gasteiger partial charge in [0.15, 0.2) is 12.3 Å². The lowest BCUT2D eigenvalue weighted by molar-refractivity contribution is -0.155. The molecule has 0 aliphatic carbocycles. The Hall–Kier alpha value is -3.31. The van der Waals surface area contributed by atoms with Crippen molar-refractivity contribution >= 4 is 19.6 Å². The molecule has 3 rings (SSSR count). The quantitative estimate of drug-likeness (QED) is 0.198. The zero-order chi connectivity index (χ0) is 28.8. The molecule has 0 bridgehead atoms. The number of para-hydroxylation sites is 1. The van der Waals surface area contributed by atoms with Crippen molar-refractivity contribution in [3.63, 3.8) is 0 Å². The summed E-state index contributed by atoms with van der Waals surface area (Å²) in [4.78, 5) is 28.5. The van der Waals surface area contributed by atoms with Gasteiger partial charge in [-0.05, 0) is 39.8 Å². The van der Waals surface area contributed by atoms with Crippen molar-refractivity contribution in [2.24, 2.45) is 11.7 Å². The highest BCUT2D eigenvalue weighted by Gasteiger charge is 2.56. The van der Waals surface area contributed by atoms with Crippen LogP contribution in [0.1, 0.15) is 33.9 Å². The summed E-state index contributed by atoms with van der Waals surface area (Å²) >= 11 is 0. The number of phosphoric ester groups is 1. The van der Waals surface area contributed by atoms with E-state index < -0.39 is 68.7 Å². The third-order valence-electron chi connectivity index (χ3n) is 5.60. The minimum Gasteiger partial charge on any atom is -0.461 e. The molecule has 1 fully saturated rings. The lowest BCUT2D eigenvalue weighted by atomic mass is 9.83. The average Bonchev–Trinajstić information content (AvgIpc) is 3.14. The number of ether oxygens (including phenoxy) is 2. The molecule has 6 atom stereocenters. The number of phosphoric acid groups is 1. The van der Waals surface area contributed by atoms with Gasteiger partial charge in [0, 0.05) is 5.92 Å². The summed E-state index contributed by atoms with van der Waals surface area (Å²) in [6.45, 7) is 5.11. The van der Waals surface area contributed by atoms with Crippen LogP contribution in [0.15, 0.2) is 41.3 Å². The van der Waals surface area contributed by atoms with Gasteiger partial charge in [0.05, 0.1) is 31.6 Å². The van der Waals surface area contributed by atoms with E-state index >= 15 is 0 Å². The molecule has 0 radical (unpaired) electrons. The molecule has 2 aromatic rings. The average molecular weight is 566 g/mol. The summed E-state index contributed by atoms with van der Waals surface area (Å²) in [6.07, 6.45) is -3.02. The van der Waals surface area contributed by atoms with Crippen LogP contribution < -0.4 is 21.7 Å². The zero-order valence-corrected chi connectivity index (χ0v) is 22.8. The zero-order valence-electron chi connectivity index (χ0n) is 21.9. The molecule has 15 heteroatoms. The maximum Gasteiger partial charge on any atom is 0.530 e. The Kier molecular flexibility index (Phi) is 9.84. The van der Waals surface area contributed by atoms with Crippen molar-refractivity contribution in [2.45, 2.75) is 57.8 Å². The number of hydrogen-bond donors (Lipinski definition) is 3. The molecule has 0 spiro atoms. The van der Waals surface area contributed by atoms with Gasteiger partial charge < -0.3 is 30.6 Å². The predicted octanol–water partition coefficient (Wildman–Crippen LogP) is 1.01. The monoisotopic (exact) mass is 565 g/mol. The Morgan fingerprint density at radius 1 is 1.31 bits per heavy atom. The van der Waals surface area contributed by atoms with Gasteiger partial charge in [-0.3, -0.25) is 9.05 Å². The van der Waals surface area contributed by atoms with Crippen molar-refractivity contribution in [3.8, 4) is 17.6 Å². The van der Waals surface area contributed by atoms with Gasteiger partial charge in [-0.25, -0.2) is 14.2 Å². The van der Waals surface area contributed by atoms with Crippen LogP contribution in [-0.2, 0) is 27.9 Å². The first-order valence-corrected chi connectivity index (χ1v) is 13.5. The molecule has 1 saturated heterocycles. The minimum atomic E-state index is -4.50. The van der Waals surface area contributed by atoms with Crippen LogP contribution in [0.25, 0.3) is 0 Å². The van der Waals surface area contributed by atoms with Gasteiger partial charge in [0.1, 0.15) is 17.1 Å². The largest absolute Gasteiger partial charge is 0.530 e. The molecule has 0 saturated carbocycles. The standard InChI is InChI=1S/C24H32N5O9P/c1-5-11-24(26)18(13-30)19(36-22(24)29-23(32)28-20(25)12-27-29)14-34-39(33,38-17-9-7-6-8-10-17)37-16(4)21(31)35-15(2)3/h6-10,12,15-16,18-19,22,30H,13-14,26H2,1-4H3,(H2,25,28,32)/t16-,18?,19+,22+,24?,39?/m0/s1. The van der Waals surface area contributed by atoms with E-state index in [-0.39, 0.29) is 11.6 Å². The highest BCUT2D eigenvalue weighted by molar-refractivity contribution is 7.49. The number of carbonyl (C=O) groups excluding carboxylic acids is 1. The number of esters is 1. The minimum absolute atomic E-state index is 0.113. The fourth-order valence-electron chi connectivity index (χ4n) is 3.86. The molecule has 212 valence electrons. The topological polar surface area (TPSA) is 200 Å². The number of nitrogens with two attached hydrogens (primary N) is 2. The lowest BCUT2D eigenvalue weighted by Gasteiger charge is -2.29. The molecule has 14 nitrogen and oxygen atoms in total. The summed E-state index contributed by atoms with van der Waals surface area (Å²) in [5.41, 5.74) is 9.61. The van der Waals surface area contributed by atoms with Crippen molar-refractivity contribution in [1.82, 2.24) is 14.8 Å². The van der Waals surface area contributed by atoms with E-state index in [2.05, 4.69) is 21.9 Å². The molecule has 2 heterocycles. The molecule has 3 unspecified atom stereocenters. The Morgan fingerprint density at radius 2 is 2.00 bits per heavy atom. The number of aliphatic hydroxyl groups excluding tert-OH is 1. The molecule has 1 aromatic carbocycles. The van der Waals surface area contributed by atoms with Crippen molar-refractivity contribution < 1.29 is 37.5 Å². The molecular formula is C24H32N5O9P. The fraction of sp³-hybridized carbons (Fsp3) is 0.500. The molecule has 1 aromatic heterocycles. The van der Waals surface area contributed by atoms with E-state index in [0.717, 1.165) is 10.9 Å². The highest BCUT2D eigenvalue weighted by atomic mass is 31.2. The van der Waals surface area contributed by atoms with Crippen molar-refractivity contribution in [2.75, 3.05) is 18.9 Å². The summed E-state index contributed by atoms with van der Waals surface area (Å²) < 4.78 is 42.2. The summed E-state index contributed by atoms with van der Waals surface area (Å²) in [7, 11) is -4.50. The van der Waals surface area contributed by atoms with E-state index in [9.17, 15) is 19.3 Å². The van der Waals surface area contributed by atoms with Gasteiger partial charge >= 0.3 is 19.5 Å². The molecule has 39 heavy (non-hydrogen) atoms. The molecule has 0 amide bonds. The van der Waals surface area contributed by atoms with Gasteiger partial charge in [0.2, 0.25) is 0 Å². The van der Waals surface area contributed by atoms with Crippen LogP contribution in [0.5, 0.6) is 5.75 Å². The number of hydrogen-bond acceptors (Lipinski definition) is 13. The summed E-state index contributed by atoms with van der Waals surface area (Å²) in [6, 6.07) is 8.03. The van der Waals surface area contributed by atoms with E-state index in [4.69, 9.17) is 34.5 Å². The maximum absolute atomic E-state index is 13.7. The lowest BCUT2D eigenvalue weighted by Crippen LogP contribution is -2.53. The first kappa shape index (κ1) is 30.2. The first-order valence-electron chi connectivity index (χ1n) is 12.0. The second kappa shape index (κ2) is 12.7. The maximum atomic E-state index is 13.7. The van der Waals surface area contributed by atoms with Crippen LogP contribution in [0.2, 0.25) is 0 Å². The molecule has 1 aliphatic heterocycles. The number of rotatable bonds is 11. The van der Waals surface area contributed by atoms with E-state index in [1.54, 1.807) is 32.0 Å². The molecule has 5 N–H and O–H groups in total. The number of aromatic nitrogens is 3. The van der Waals surface area contributed by atoms with Crippen LogP contribution >= 0.6 is 7.82 Å². The number of nitrogens with zero attached hydrogens (tertiary/aromatic N) is 3. The number of benzene rings is 1. The second-order valence-electron chi connectivity index (χ2n) is 8.91. The van der Waals surface area contributed by atoms with Crippen LogP contribution in [0.3, 0.4) is 0 Å². The number of anilines is 1. The van der Waals surface area contributed by atoms with Crippen molar-refractivity contribution in [3.05, 3.63) is 47.0 Å². The Balaban J connectivity index is 1.90. The molecular weight excluding hydrogens is 533 g/mol. The van der Waals surface area contributed by atoms with E-state index in [1.165, 1.54) is 26.0 Å².